The van der Waals surface area contributed by atoms with Crippen molar-refractivity contribution in [2.24, 2.45) is 0 Å². The third kappa shape index (κ3) is 2.82. The molecule has 0 saturated carbocycles. The van der Waals surface area contributed by atoms with Gasteiger partial charge in [-0.1, -0.05) is 45.0 Å². The Morgan fingerprint density at radius 3 is 2.43 bits per heavy atom. The molecular formula is C21H29NS. The van der Waals surface area contributed by atoms with Gasteiger partial charge in [-0.15, -0.1) is 11.3 Å². The molecule has 0 amide bonds. The van der Waals surface area contributed by atoms with Crippen molar-refractivity contribution in [2.45, 2.75) is 64.8 Å². The molecule has 2 heterocycles. The van der Waals surface area contributed by atoms with Crippen LogP contribution in [0, 0.1) is 6.92 Å². The average Bonchev–Trinajstić information content (AvgIpc) is 3.05. The Labute approximate surface area is 145 Å². The largest absolute Gasteiger partial charge is 0.365 e. The Balaban J connectivity index is 2.08. The molecule has 124 valence electrons. The Hall–Kier alpha value is -1.28. The minimum Gasteiger partial charge on any atom is -0.365 e. The minimum atomic E-state index is 0.175. The van der Waals surface area contributed by atoms with Gasteiger partial charge in [-0.2, -0.15) is 0 Å². The van der Waals surface area contributed by atoms with Crippen LogP contribution in [0.5, 0.6) is 0 Å². The molecule has 2 aromatic rings. The number of thiophene rings is 1. The predicted molar refractivity (Wildman–Crippen MR) is 103 cm³/mol. The van der Waals surface area contributed by atoms with Gasteiger partial charge in [0.25, 0.3) is 0 Å². The van der Waals surface area contributed by atoms with E-state index in [2.05, 4.69) is 82.2 Å². The van der Waals surface area contributed by atoms with E-state index in [1.807, 2.05) is 11.3 Å². The van der Waals surface area contributed by atoms with Crippen LogP contribution in [0.2, 0.25) is 0 Å². The molecule has 1 fully saturated rings. The maximum absolute atomic E-state index is 2.68. The monoisotopic (exact) mass is 327 g/mol. The van der Waals surface area contributed by atoms with Gasteiger partial charge in [0, 0.05) is 28.1 Å². The van der Waals surface area contributed by atoms with Crippen molar-refractivity contribution in [3.05, 3.63) is 51.7 Å². The smallest absolute Gasteiger partial charge is 0.0435 e. The first-order valence-electron chi connectivity index (χ1n) is 8.66. The van der Waals surface area contributed by atoms with Crippen molar-refractivity contribution in [2.75, 3.05) is 11.4 Å². The lowest BCUT2D eigenvalue weighted by Gasteiger charge is -2.37. The van der Waals surface area contributed by atoms with Crippen molar-refractivity contribution >= 4 is 17.0 Å². The molecule has 1 aromatic heterocycles. The van der Waals surface area contributed by atoms with Crippen LogP contribution in [0.4, 0.5) is 5.69 Å². The normalized spacial score (nSPS) is 23.7. The topological polar surface area (TPSA) is 3.24 Å². The first kappa shape index (κ1) is 16.6. The number of hydrogen-bond donors (Lipinski definition) is 0. The summed E-state index contributed by atoms with van der Waals surface area (Å²) in [4.78, 5) is 4.20. The fraction of sp³-hybridized carbons (Fsp3) is 0.524. The maximum atomic E-state index is 2.68. The molecule has 23 heavy (non-hydrogen) atoms. The Morgan fingerprint density at radius 1 is 1.09 bits per heavy atom. The quantitative estimate of drug-likeness (QED) is 0.656. The lowest BCUT2D eigenvalue weighted by Crippen LogP contribution is -2.39. The lowest BCUT2D eigenvalue weighted by molar-refractivity contribution is 0.449. The van der Waals surface area contributed by atoms with Gasteiger partial charge in [-0.25, -0.2) is 0 Å². The molecule has 1 saturated heterocycles. The first-order chi connectivity index (χ1) is 10.7. The molecule has 0 aliphatic carbocycles. The van der Waals surface area contributed by atoms with E-state index in [0.29, 0.717) is 5.92 Å². The fourth-order valence-corrected chi connectivity index (χ4v) is 5.24. The van der Waals surface area contributed by atoms with Crippen molar-refractivity contribution in [3.8, 4) is 0 Å². The second-order valence-corrected chi connectivity index (χ2v) is 9.23. The van der Waals surface area contributed by atoms with Gasteiger partial charge in [-0.05, 0) is 55.7 Å². The summed E-state index contributed by atoms with van der Waals surface area (Å²) >= 11 is 1.91. The molecule has 1 unspecified atom stereocenters. The van der Waals surface area contributed by atoms with Crippen molar-refractivity contribution in [3.63, 3.8) is 0 Å². The zero-order chi connectivity index (χ0) is 16.8. The van der Waals surface area contributed by atoms with Crippen LogP contribution in [-0.4, -0.2) is 12.1 Å². The Kier molecular flexibility index (Phi) is 4.08. The lowest BCUT2D eigenvalue weighted by atomic mass is 9.82. The van der Waals surface area contributed by atoms with E-state index in [9.17, 15) is 0 Å². The number of nitrogens with zero attached hydrogens (tertiary/aromatic N) is 1. The highest BCUT2D eigenvalue weighted by Gasteiger charge is 2.47. The van der Waals surface area contributed by atoms with Gasteiger partial charge < -0.3 is 4.90 Å². The van der Waals surface area contributed by atoms with E-state index in [-0.39, 0.29) is 11.0 Å². The molecule has 0 radical (unpaired) electrons. The van der Waals surface area contributed by atoms with E-state index in [0.717, 1.165) is 6.54 Å². The standard InChI is InChI=1S/C21H29NS/c1-15(2)17-10-7-9-16(3)19(17)22-14-21(6,13-20(22,4)5)18-11-8-12-23-18/h7-12,15H,13-14H2,1-6H3. The highest BCUT2D eigenvalue weighted by atomic mass is 32.1. The van der Waals surface area contributed by atoms with Crippen LogP contribution in [0.25, 0.3) is 0 Å². The summed E-state index contributed by atoms with van der Waals surface area (Å²) in [6.45, 7) is 15.2. The molecule has 0 bridgehead atoms. The van der Waals surface area contributed by atoms with E-state index in [4.69, 9.17) is 0 Å². The second-order valence-electron chi connectivity index (χ2n) is 8.28. The van der Waals surface area contributed by atoms with E-state index in [1.54, 1.807) is 0 Å². The molecule has 3 rings (SSSR count). The zero-order valence-corrected chi connectivity index (χ0v) is 16.1. The molecule has 1 aliphatic heterocycles. The molecule has 1 atom stereocenters. The summed E-state index contributed by atoms with van der Waals surface area (Å²) in [5, 5.41) is 2.21. The van der Waals surface area contributed by atoms with Crippen LogP contribution in [0.3, 0.4) is 0 Å². The molecule has 2 heteroatoms. The highest BCUT2D eigenvalue weighted by Crippen LogP contribution is 2.48. The SMILES string of the molecule is Cc1cccc(C(C)C)c1N1CC(C)(c2cccs2)CC1(C)C. The summed E-state index contributed by atoms with van der Waals surface area (Å²) in [5.74, 6) is 0.550. The predicted octanol–water partition coefficient (Wildman–Crippen LogP) is 6.13. The van der Waals surface area contributed by atoms with Gasteiger partial charge in [0.15, 0.2) is 0 Å². The Bertz CT molecular complexity index is 684. The van der Waals surface area contributed by atoms with Crippen LogP contribution < -0.4 is 4.90 Å². The minimum absolute atomic E-state index is 0.175. The van der Waals surface area contributed by atoms with Crippen LogP contribution >= 0.6 is 11.3 Å². The number of rotatable bonds is 3. The van der Waals surface area contributed by atoms with Gasteiger partial charge in [0.05, 0.1) is 0 Å². The van der Waals surface area contributed by atoms with Gasteiger partial charge in [0.1, 0.15) is 0 Å². The molecule has 0 N–H and O–H groups in total. The van der Waals surface area contributed by atoms with E-state index in [1.165, 1.54) is 28.1 Å². The number of aryl methyl sites for hydroxylation is 1. The molecule has 1 nitrogen and oxygen atoms in total. The first-order valence-corrected chi connectivity index (χ1v) is 9.54. The van der Waals surface area contributed by atoms with Crippen molar-refractivity contribution in [1.29, 1.82) is 0 Å². The molecule has 0 spiro atoms. The van der Waals surface area contributed by atoms with Crippen molar-refractivity contribution in [1.82, 2.24) is 0 Å². The van der Waals surface area contributed by atoms with Crippen LogP contribution in [-0.2, 0) is 5.41 Å². The maximum Gasteiger partial charge on any atom is 0.0435 e. The third-order valence-electron chi connectivity index (χ3n) is 5.34. The van der Waals surface area contributed by atoms with Crippen LogP contribution in [0.1, 0.15) is 63.0 Å². The van der Waals surface area contributed by atoms with E-state index >= 15 is 0 Å². The number of anilines is 1. The summed E-state index contributed by atoms with van der Waals surface area (Å²) < 4.78 is 0. The van der Waals surface area contributed by atoms with Gasteiger partial charge in [-0.3, -0.25) is 0 Å². The molecular weight excluding hydrogens is 298 g/mol. The fourth-order valence-electron chi connectivity index (χ4n) is 4.35. The number of benzene rings is 1. The summed E-state index contributed by atoms with van der Waals surface area (Å²) in [7, 11) is 0. The second kappa shape index (κ2) is 5.66. The number of para-hydroxylation sites is 1. The summed E-state index contributed by atoms with van der Waals surface area (Å²) in [6, 6.07) is 11.3. The van der Waals surface area contributed by atoms with E-state index < -0.39 is 0 Å². The summed E-state index contributed by atoms with van der Waals surface area (Å²) in [5.41, 5.74) is 4.77. The highest BCUT2D eigenvalue weighted by molar-refractivity contribution is 7.10. The van der Waals surface area contributed by atoms with Crippen molar-refractivity contribution < 1.29 is 0 Å². The molecule has 1 aromatic carbocycles. The number of hydrogen-bond acceptors (Lipinski definition) is 2. The van der Waals surface area contributed by atoms with Gasteiger partial charge in [0.2, 0.25) is 0 Å². The van der Waals surface area contributed by atoms with Crippen LogP contribution in [0.15, 0.2) is 35.7 Å². The zero-order valence-electron chi connectivity index (χ0n) is 15.3. The Morgan fingerprint density at radius 2 is 1.83 bits per heavy atom. The summed E-state index contributed by atoms with van der Waals surface area (Å²) in [6.07, 6.45) is 1.20. The molecule has 1 aliphatic rings. The van der Waals surface area contributed by atoms with Gasteiger partial charge >= 0.3 is 0 Å². The average molecular weight is 328 g/mol. The third-order valence-corrected chi connectivity index (χ3v) is 6.51.